The fourth-order valence-electron chi connectivity index (χ4n) is 5.74. The summed E-state index contributed by atoms with van der Waals surface area (Å²) in [5.74, 6) is -5.27. The van der Waals surface area contributed by atoms with E-state index in [0.717, 1.165) is 0 Å². The number of thioether (sulfide) groups is 1. The monoisotopic (exact) mass is 852 g/mol. The summed E-state index contributed by atoms with van der Waals surface area (Å²) in [7, 11) is 0. The van der Waals surface area contributed by atoms with Crippen LogP contribution in [0, 0.1) is 0 Å². The SMILES string of the molecule is NCCCC[C@H](NC(=O)[C@H](CCCN=C(N)N)NC(=O)[C@H](CCCCN)NC(=O)CNC(=O)[C@@H]1CS[C@@H](c2cc(C[C@H](NC(=O)[C@@H](N)CO)C(N)=O)ccn2)N1)C(=O)O. The number of aliphatic hydroxyl groups excluding tert-OH is 1. The molecule has 1 aliphatic rings. The number of carbonyl (C=O) groups excluding carboxylic acids is 6. The molecule has 0 saturated carbocycles. The van der Waals surface area contributed by atoms with Crippen LogP contribution >= 0.6 is 11.8 Å². The molecule has 2 rings (SSSR count). The lowest BCUT2D eigenvalue weighted by Gasteiger charge is -2.25. The maximum absolute atomic E-state index is 13.6. The lowest BCUT2D eigenvalue weighted by Crippen LogP contribution is -2.56. The summed E-state index contributed by atoms with van der Waals surface area (Å²) in [4.78, 5) is 97.4. The van der Waals surface area contributed by atoms with Gasteiger partial charge in [-0.1, -0.05) is 0 Å². The van der Waals surface area contributed by atoms with E-state index in [2.05, 4.69) is 41.9 Å². The largest absolute Gasteiger partial charge is 0.480 e. The minimum atomic E-state index is -1.25. The van der Waals surface area contributed by atoms with E-state index in [1.807, 2.05) is 0 Å². The van der Waals surface area contributed by atoms with Crippen LogP contribution in [0.2, 0.25) is 0 Å². The second-order valence-electron chi connectivity index (χ2n) is 13.8. The second kappa shape index (κ2) is 26.8. The lowest BCUT2D eigenvalue weighted by molar-refractivity contribution is -0.142. The number of nitrogens with one attached hydrogen (secondary N) is 6. The highest BCUT2D eigenvalue weighted by molar-refractivity contribution is 7.99. The van der Waals surface area contributed by atoms with Crippen molar-refractivity contribution in [2.24, 2.45) is 39.4 Å². The summed E-state index contributed by atoms with van der Waals surface area (Å²) >= 11 is 1.38. The molecule has 1 saturated heterocycles. The number of amides is 6. The number of carbonyl (C=O) groups is 7. The zero-order chi connectivity index (χ0) is 43.9. The Labute approximate surface area is 346 Å². The van der Waals surface area contributed by atoms with Gasteiger partial charge in [0.1, 0.15) is 30.2 Å². The number of primary amides is 1. The van der Waals surface area contributed by atoms with Gasteiger partial charge in [0.25, 0.3) is 0 Å². The van der Waals surface area contributed by atoms with Crippen molar-refractivity contribution in [1.29, 1.82) is 0 Å². The fraction of sp³-hybridized carbons (Fsp3) is 0.629. The minimum Gasteiger partial charge on any atom is -0.480 e. The number of aliphatic imine (C=N–C) groups is 1. The predicted molar refractivity (Wildman–Crippen MR) is 218 cm³/mol. The first-order chi connectivity index (χ1) is 28.1. The number of carboxylic acids is 1. The Bertz CT molecular complexity index is 1600. The third-order valence-corrected chi connectivity index (χ3v) is 10.2. The maximum Gasteiger partial charge on any atom is 0.326 e. The first-order valence-corrected chi connectivity index (χ1v) is 20.3. The van der Waals surface area contributed by atoms with Gasteiger partial charge in [-0.05, 0) is 82.2 Å². The Morgan fingerprint density at radius 1 is 0.847 bits per heavy atom. The molecule has 0 bridgehead atoms. The molecule has 0 aromatic carbocycles. The molecule has 20 N–H and O–H groups in total. The molecule has 1 aromatic rings. The topological polar surface area (TPSA) is 413 Å². The van der Waals surface area contributed by atoms with Crippen LogP contribution in [0.25, 0.3) is 0 Å². The van der Waals surface area contributed by atoms with Crippen molar-refractivity contribution in [1.82, 2.24) is 36.9 Å². The summed E-state index contributed by atoms with van der Waals surface area (Å²) in [5.41, 5.74) is 34.1. The standard InChI is InChI=1S/C35H60N14O9S/c36-10-3-1-6-21(31(55)46-22(8-5-12-43-35(40)41)32(56)47-23(34(57)58)7-2-4-11-37)45-27(51)16-44-30(54)26-18-59-33(49-26)25-15-19(9-13-42-25)14-24(28(39)52)48-29(53)20(38)17-50/h9,13,15,20-24,26,33,49-50H,1-8,10-12,14,16-18,36-38H2,(H2,39,52)(H,44,54)(H,45,51)(H,46,55)(H,47,56)(H,48,53)(H,57,58)(H4,40,41,43)/t20-,21-,22-,23-,24-,26-,33-/m0/s1. The van der Waals surface area contributed by atoms with Gasteiger partial charge in [0, 0.05) is 24.9 Å². The summed E-state index contributed by atoms with van der Waals surface area (Å²) in [6.07, 6.45) is 4.09. The summed E-state index contributed by atoms with van der Waals surface area (Å²) < 4.78 is 0. The van der Waals surface area contributed by atoms with E-state index in [1.54, 1.807) is 12.1 Å². The molecule has 1 aromatic heterocycles. The van der Waals surface area contributed by atoms with Gasteiger partial charge in [-0.25, -0.2) is 4.79 Å². The number of unbranched alkanes of at least 4 members (excludes halogenated alkanes) is 2. The molecular formula is C35H60N14O9S. The number of nitrogens with two attached hydrogens (primary N) is 6. The lowest BCUT2D eigenvalue weighted by atomic mass is 10.0. The van der Waals surface area contributed by atoms with Crippen LogP contribution in [0.3, 0.4) is 0 Å². The van der Waals surface area contributed by atoms with Crippen molar-refractivity contribution in [3.8, 4) is 0 Å². The van der Waals surface area contributed by atoms with Gasteiger partial charge in [-0.2, -0.15) is 0 Å². The molecule has 1 fully saturated rings. The zero-order valence-electron chi connectivity index (χ0n) is 32.9. The molecule has 0 unspecified atom stereocenters. The number of rotatable bonds is 28. The number of nitrogens with zero attached hydrogens (tertiary/aromatic N) is 2. The van der Waals surface area contributed by atoms with Crippen molar-refractivity contribution in [3.05, 3.63) is 29.6 Å². The molecule has 2 heterocycles. The Balaban J connectivity index is 2.06. The molecular weight excluding hydrogens is 793 g/mol. The highest BCUT2D eigenvalue weighted by atomic mass is 32.2. The molecule has 59 heavy (non-hydrogen) atoms. The summed E-state index contributed by atoms with van der Waals surface area (Å²) in [6, 6.07) is -3.29. The third kappa shape index (κ3) is 18.5. The Kier molecular flexibility index (Phi) is 22.7. The van der Waals surface area contributed by atoms with Crippen LogP contribution in [0.1, 0.15) is 68.0 Å². The molecule has 24 heteroatoms. The second-order valence-corrected chi connectivity index (χ2v) is 14.9. The Morgan fingerprint density at radius 2 is 1.44 bits per heavy atom. The van der Waals surface area contributed by atoms with Crippen LogP contribution in [-0.4, -0.2) is 137 Å². The smallest absolute Gasteiger partial charge is 0.326 e. The minimum absolute atomic E-state index is 0.0183. The zero-order valence-corrected chi connectivity index (χ0v) is 33.7. The molecule has 23 nitrogen and oxygen atoms in total. The van der Waals surface area contributed by atoms with Gasteiger partial charge in [0.05, 0.1) is 30.3 Å². The molecule has 6 amide bonds. The average Bonchev–Trinajstić information content (AvgIpc) is 3.70. The number of aliphatic hydroxyl groups is 1. The van der Waals surface area contributed by atoms with Crippen LogP contribution in [-0.2, 0) is 40.0 Å². The van der Waals surface area contributed by atoms with Crippen LogP contribution < -0.4 is 66.3 Å². The van der Waals surface area contributed by atoms with Gasteiger partial charge >= 0.3 is 5.97 Å². The highest BCUT2D eigenvalue weighted by Gasteiger charge is 2.33. The van der Waals surface area contributed by atoms with E-state index in [-0.39, 0.29) is 44.6 Å². The molecule has 0 radical (unpaired) electrons. The number of pyridine rings is 1. The van der Waals surface area contributed by atoms with Crippen molar-refractivity contribution in [2.45, 2.75) is 99.4 Å². The van der Waals surface area contributed by atoms with Crippen molar-refractivity contribution < 1.29 is 43.8 Å². The van der Waals surface area contributed by atoms with E-state index < -0.39 is 96.2 Å². The molecule has 330 valence electrons. The first-order valence-electron chi connectivity index (χ1n) is 19.2. The van der Waals surface area contributed by atoms with Crippen LogP contribution in [0.5, 0.6) is 0 Å². The maximum atomic E-state index is 13.6. The van der Waals surface area contributed by atoms with E-state index in [0.29, 0.717) is 55.8 Å². The van der Waals surface area contributed by atoms with Crippen molar-refractivity contribution >= 4 is 59.1 Å². The van der Waals surface area contributed by atoms with Gasteiger partial charge in [0.15, 0.2) is 5.96 Å². The highest BCUT2D eigenvalue weighted by Crippen LogP contribution is 2.32. The predicted octanol–water partition coefficient (Wildman–Crippen LogP) is -5.42. The van der Waals surface area contributed by atoms with Crippen LogP contribution in [0.4, 0.5) is 0 Å². The third-order valence-electron chi connectivity index (χ3n) is 9.01. The van der Waals surface area contributed by atoms with Gasteiger partial charge in [-0.3, -0.25) is 44.1 Å². The number of hydrogen-bond donors (Lipinski definition) is 14. The van der Waals surface area contributed by atoms with Gasteiger partial charge in [0.2, 0.25) is 35.4 Å². The normalized spacial score (nSPS) is 17.3. The molecule has 0 spiro atoms. The van der Waals surface area contributed by atoms with Crippen molar-refractivity contribution in [3.63, 3.8) is 0 Å². The number of hydrogen-bond acceptors (Lipinski definition) is 15. The van der Waals surface area contributed by atoms with E-state index in [1.165, 1.54) is 18.0 Å². The van der Waals surface area contributed by atoms with Gasteiger partial charge in [-0.15, -0.1) is 11.8 Å². The number of aromatic nitrogens is 1. The first kappa shape index (κ1) is 50.0. The Morgan fingerprint density at radius 3 is 2.03 bits per heavy atom. The molecule has 7 atom stereocenters. The molecule has 1 aliphatic heterocycles. The van der Waals surface area contributed by atoms with Crippen LogP contribution in [0.15, 0.2) is 23.3 Å². The van der Waals surface area contributed by atoms with E-state index in [9.17, 15) is 38.7 Å². The quantitative estimate of drug-likeness (QED) is 0.0212. The van der Waals surface area contributed by atoms with Gasteiger partial charge < -0.3 is 71.2 Å². The number of guanidine groups is 1. The van der Waals surface area contributed by atoms with E-state index in [4.69, 9.17) is 39.5 Å². The van der Waals surface area contributed by atoms with E-state index >= 15 is 0 Å². The number of carboxylic acid groups (broad SMARTS) is 1. The molecule has 0 aliphatic carbocycles. The average molecular weight is 853 g/mol. The summed E-state index contributed by atoms with van der Waals surface area (Å²) in [5, 5.41) is 34.2. The van der Waals surface area contributed by atoms with Crippen molar-refractivity contribution in [2.75, 3.05) is 38.5 Å². The Hall–Kier alpha value is -5.14. The number of aliphatic carboxylic acids is 1. The summed E-state index contributed by atoms with van der Waals surface area (Å²) in [6.45, 7) is -0.278. The fourth-order valence-corrected chi connectivity index (χ4v) is 6.94.